The smallest absolute Gasteiger partial charge is 0.153 e. The van der Waals surface area contributed by atoms with Crippen LogP contribution in [-0.4, -0.2) is 12.2 Å². The number of aliphatic imine (C=N–C) groups is 1. The molecule has 0 unspecified atom stereocenters. The van der Waals surface area contributed by atoms with E-state index in [-0.39, 0.29) is 0 Å². The zero-order valence-corrected chi connectivity index (χ0v) is 9.69. The molecule has 2 nitrogen and oxygen atoms in total. The number of rotatable bonds is 2. The van der Waals surface area contributed by atoms with Crippen LogP contribution >= 0.6 is 11.8 Å². The monoisotopic (exact) mass is 208 g/mol. The molecule has 2 N–H and O–H groups in total. The normalized spacial score (nSPS) is 11.8. The zero-order valence-electron chi connectivity index (χ0n) is 8.87. The molecule has 0 aliphatic rings. The number of hydrogen-bond acceptors (Lipinski definition) is 2. The Kier molecular flexibility index (Phi) is 4.01. The fraction of sp³-hybridized carbons (Fsp3) is 0.364. The van der Waals surface area contributed by atoms with Gasteiger partial charge in [-0.05, 0) is 25.0 Å². The average molecular weight is 208 g/mol. The molecular formula is C11H16N2S. The summed E-state index contributed by atoms with van der Waals surface area (Å²) in [5, 5.41) is 0.644. The lowest BCUT2D eigenvalue weighted by Crippen LogP contribution is -2.06. The third kappa shape index (κ3) is 3.07. The summed E-state index contributed by atoms with van der Waals surface area (Å²) >= 11 is 1.58. The van der Waals surface area contributed by atoms with Crippen LogP contribution in [0.3, 0.4) is 0 Å². The van der Waals surface area contributed by atoms with Crippen LogP contribution in [0, 0.1) is 13.8 Å². The Labute approximate surface area is 89.6 Å². The fourth-order valence-corrected chi connectivity index (χ4v) is 1.92. The number of aryl methyl sites for hydroxylation is 2. The molecule has 0 radical (unpaired) electrons. The molecule has 0 saturated heterocycles. The van der Waals surface area contributed by atoms with Crippen molar-refractivity contribution in [1.29, 1.82) is 0 Å². The van der Waals surface area contributed by atoms with E-state index < -0.39 is 0 Å². The van der Waals surface area contributed by atoms with E-state index in [0.717, 1.165) is 5.75 Å². The van der Waals surface area contributed by atoms with E-state index in [4.69, 9.17) is 5.73 Å². The van der Waals surface area contributed by atoms with Crippen LogP contribution in [-0.2, 0) is 5.75 Å². The van der Waals surface area contributed by atoms with Gasteiger partial charge in [-0.3, -0.25) is 4.99 Å². The van der Waals surface area contributed by atoms with Gasteiger partial charge in [0.15, 0.2) is 5.17 Å². The highest BCUT2D eigenvalue weighted by atomic mass is 32.2. The van der Waals surface area contributed by atoms with Crippen LogP contribution in [0.4, 0.5) is 0 Å². The first-order valence-corrected chi connectivity index (χ1v) is 5.53. The maximum absolute atomic E-state index is 5.62. The lowest BCUT2D eigenvalue weighted by atomic mass is 10.1. The Morgan fingerprint density at radius 1 is 1.43 bits per heavy atom. The van der Waals surface area contributed by atoms with Gasteiger partial charge in [0.1, 0.15) is 0 Å². The summed E-state index contributed by atoms with van der Waals surface area (Å²) in [6.45, 7) is 4.22. The van der Waals surface area contributed by atoms with Crippen LogP contribution in [0.5, 0.6) is 0 Å². The van der Waals surface area contributed by atoms with E-state index in [1.165, 1.54) is 16.7 Å². The van der Waals surface area contributed by atoms with Gasteiger partial charge in [0.25, 0.3) is 0 Å². The minimum atomic E-state index is 0.644. The number of nitrogens with two attached hydrogens (primary N) is 1. The maximum Gasteiger partial charge on any atom is 0.153 e. The van der Waals surface area contributed by atoms with Crippen LogP contribution in [0.2, 0.25) is 0 Å². The van der Waals surface area contributed by atoms with Gasteiger partial charge in [-0.2, -0.15) is 0 Å². The zero-order chi connectivity index (χ0) is 10.6. The quantitative estimate of drug-likeness (QED) is 0.599. The Bertz CT molecular complexity index is 345. The maximum atomic E-state index is 5.62. The van der Waals surface area contributed by atoms with Crippen molar-refractivity contribution in [3.63, 3.8) is 0 Å². The SMILES string of the molecule is CN=C(N)SCc1cc(C)ccc1C. The summed E-state index contributed by atoms with van der Waals surface area (Å²) in [4.78, 5) is 3.91. The van der Waals surface area contributed by atoms with Gasteiger partial charge in [0.2, 0.25) is 0 Å². The second kappa shape index (κ2) is 5.05. The minimum absolute atomic E-state index is 0.644. The van der Waals surface area contributed by atoms with E-state index in [0.29, 0.717) is 5.17 Å². The predicted molar refractivity (Wildman–Crippen MR) is 64.8 cm³/mol. The molecule has 3 heteroatoms. The highest BCUT2D eigenvalue weighted by Crippen LogP contribution is 2.17. The van der Waals surface area contributed by atoms with Gasteiger partial charge < -0.3 is 5.73 Å². The first-order valence-electron chi connectivity index (χ1n) is 4.54. The molecule has 14 heavy (non-hydrogen) atoms. The number of nitrogens with zero attached hydrogens (tertiary/aromatic N) is 1. The van der Waals surface area contributed by atoms with Crippen molar-refractivity contribution in [2.75, 3.05) is 7.05 Å². The fourth-order valence-electron chi connectivity index (χ4n) is 1.17. The van der Waals surface area contributed by atoms with Crippen molar-refractivity contribution < 1.29 is 0 Å². The topological polar surface area (TPSA) is 38.4 Å². The van der Waals surface area contributed by atoms with Gasteiger partial charge in [-0.25, -0.2) is 0 Å². The van der Waals surface area contributed by atoms with Gasteiger partial charge in [-0.1, -0.05) is 35.5 Å². The highest BCUT2D eigenvalue weighted by molar-refractivity contribution is 8.13. The summed E-state index contributed by atoms with van der Waals surface area (Å²) in [5.41, 5.74) is 9.56. The molecule has 0 aliphatic carbocycles. The summed E-state index contributed by atoms with van der Waals surface area (Å²) in [7, 11) is 1.71. The minimum Gasteiger partial charge on any atom is -0.379 e. The Balaban J connectivity index is 2.71. The van der Waals surface area contributed by atoms with E-state index in [2.05, 4.69) is 37.0 Å². The molecule has 0 bridgehead atoms. The number of thioether (sulfide) groups is 1. The molecule has 0 amide bonds. The molecule has 0 aliphatic heterocycles. The largest absolute Gasteiger partial charge is 0.379 e. The Morgan fingerprint density at radius 2 is 2.14 bits per heavy atom. The van der Waals surface area contributed by atoms with Crippen LogP contribution < -0.4 is 5.73 Å². The van der Waals surface area contributed by atoms with Crippen molar-refractivity contribution in [2.24, 2.45) is 10.7 Å². The molecule has 0 saturated carbocycles. The average Bonchev–Trinajstić information content (AvgIpc) is 2.19. The molecule has 0 aromatic heterocycles. The second-order valence-corrected chi connectivity index (χ2v) is 4.28. The van der Waals surface area contributed by atoms with Gasteiger partial charge in [0, 0.05) is 12.8 Å². The predicted octanol–water partition coefficient (Wildman–Crippen LogP) is 2.48. The Hall–Kier alpha value is -0.960. The summed E-state index contributed by atoms with van der Waals surface area (Å²) in [5.74, 6) is 0.899. The highest BCUT2D eigenvalue weighted by Gasteiger charge is 2.00. The molecule has 1 aromatic carbocycles. The number of hydrogen-bond donors (Lipinski definition) is 1. The molecule has 1 aromatic rings. The van der Waals surface area contributed by atoms with E-state index in [9.17, 15) is 0 Å². The first-order chi connectivity index (χ1) is 6.63. The number of benzene rings is 1. The van der Waals surface area contributed by atoms with E-state index in [1.807, 2.05) is 0 Å². The number of amidine groups is 1. The lowest BCUT2D eigenvalue weighted by Gasteiger charge is -2.06. The molecule has 0 spiro atoms. The van der Waals surface area contributed by atoms with Crippen molar-refractivity contribution in [1.82, 2.24) is 0 Å². The lowest BCUT2D eigenvalue weighted by molar-refractivity contribution is 1.28. The van der Waals surface area contributed by atoms with Crippen molar-refractivity contribution in [2.45, 2.75) is 19.6 Å². The van der Waals surface area contributed by atoms with Crippen LogP contribution in [0.25, 0.3) is 0 Å². The van der Waals surface area contributed by atoms with Crippen molar-refractivity contribution >= 4 is 16.9 Å². The molecule has 0 fully saturated rings. The molecular weight excluding hydrogens is 192 g/mol. The van der Waals surface area contributed by atoms with Gasteiger partial charge in [-0.15, -0.1) is 0 Å². The summed E-state index contributed by atoms with van der Waals surface area (Å²) in [6, 6.07) is 6.47. The first kappa shape index (κ1) is 11.1. The molecule has 0 atom stereocenters. The standard InChI is InChI=1S/C11H16N2S/c1-8-4-5-9(2)10(6-8)7-14-11(12)13-3/h4-6H,7H2,1-3H3,(H2,12,13). The van der Waals surface area contributed by atoms with E-state index >= 15 is 0 Å². The third-order valence-corrected chi connectivity index (χ3v) is 3.03. The molecule has 76 valence electrons. The van der Waals surface area contributed by atoms with E-state index in [1.54, 1.807) is 18.8 Å². The Morgan fingerprint density at radius 3 is 2.79 bits per heavy atom. The summed E-state index contributed by atoms with van der Waals surface area (Å²) < 4.78 is 0. The van der Waals surface area contributed by atoms with Crippen LogP contribution in [0.15, 0.2) is 23.2 Å². The van der Waals surface area contributed by atoms with Gasteiger partial charge >= 0.3 is 0 Å². The second-order valence-electron chi connectivity index (χ2n) is 3.28. The molecule has 1 rings (SSSR count). The van der Waals surface area contributed by atoms with Crippen molar-refractivity contribution in [3.05, 3.63) is 34.9 Å². The van der Waals surface area contributed by atoms with Crippen molar-refractivity contribution in [3.8, 4) is 0 Å². The third-order valence-electron chi connectivity index (χ3n) is 2.10. The van der Waals surface area contributed by atoms with Crippen LogP contribution in [0.1, 0.15) is 16.7 Å². The van der Waals surface area contributed by atoms with Gasteiger partial charge in [0.05, 0.1) is 0 Å². The summed E-state index contributed by atoms with van der Waals surface area (Å²) in [6.07, 6.45) is 0. The molecule has 0 heterocycles.